The zero-order valence-electron chi connectivity index (χ0n) is 14.1. The molecule has 0 bridgehead atoms. The van der Waals surface area contributed by atoms with Crippen LogP contribution in [0.3, 0.4) is 0 Å². The van der Waals surface area contributed by atoms with Crippen molar-refractivity contribution in [3.63, 3.8) is 0 Å². The first-order valence-electron chi connectivity index (χ1n) is 8.58. The third kappa shape index (κ3) is 4.29. The predicted molar refractivity (Wildman–Crippen MR) is 101 cm³/mol. The summed E-state index contributed by atoms with van der Waals surface area (Å²) in [5, 5.41) is 4.14. The van der Waals surface area contributed by atoms with Crippen LogP contribution in [0.4, 0.5) is 17.5 Å². The third-order valence-electron chi connectivity index (χ3n) is 4.22. The molecule has 0 radical (unpaired) electrons. The SMILES string of the molecule is CCCCNc1ccnc(N2CCN(c3cccc(Cl)c3)CC2)n1. The maximum Gasteiger partial charge on any atom is 0.227 e. The molecule has 3 rings (SSSR count). The first-order valence-corrected chi connectivity index (χ1v) is 8.96. The molecule has 0 aliphatic carbocycles. The summed E-state index contributed by atoms with van der Waals surface area (Å²) >= 11 is 6.09. The first kappa shape index (κ1) is 16.8. The molecule has 0 spiro atoms. The Labute approximate surface area is 148 Å². The Kier molecular flexibility index (Phi) is 5.75. The van der Waals surface area contributed by atoms with Crippen molar-refractivity contribution < 1.29 is 0 Å². The van der Waals surface area contributed by atoms with Crippen molar-refractivity contribution in [3.8, 4) is 0 Å². The molecule has 1 saturated heterocycles. The van der Waals surface area contributed by atoms with Crippen LogP contribution in [0.1, 0.15) is 19.8 Å². The minimum absolute atomic E-state index is 0.782. The maximum absolute atomic E-state index is 6.09. The van der Waals surface area contributed by atoms with Crippen molar-refractivity contribution in [3.05, 3.63) is 41.6 Å². The molecule has 0 saturated carbocycles. The molecular formula is C18H24ClN5. The van der Waals surface area contributed by atoms with E-state index in [-0.39, 0.29) is 0 Å². The molecule has 1 aliphatic rings. The zero-order valence-corrected chi connectivity index (χ0v) is 14.8. The van der Waals surface area contributed by atoms with E-state index in [1.54, 1.807) is 0 Å². The number of halogens is 1. The van der Waals surface area contributed by atoms with Crippen LogP contribution in [0.25, 0.3) is 0 Å². The van der Waals surface area contributed by atoms with Crippen LogP contribution >= 0.6 is 11.6 Å². The van der Waals surface area contributed by atoms with E-state index >= 15 is 0 Å². The van der Waals surface area contributed by atoms with Crippen LogP contribution in [-0.2, 0) is 0 Å². The number of nitrogens with one attached hydrogen (secondary N) is 1. The minimum atomic E-state index is 0.782. The van der Waals surface area contributed by atoms with Gasteiger partial charge in [0.2, 0.25) is 5.95 Å². The van der Waals surface area contributed by atoms with E-state index in [4.69, 9.17) is 11.6 Å². The Morgan fingerprint density at radius 3 is 2.67 bits per heavy atom. The molecule has 5 nitrogen and oxygen atoms in total. The highest BCUT2D eigenvalue weighted by Gasteiger charge is 2.19. The molecule has 2 heterocycles. The van der Waals surface area contributed by atoms with Crippen LogP contribution in [0, 0.1) is 0 Å². The molecule has 1 aromatic heterocycles. The summed E-state index contributed by atoms with van der Waals surface area (Å²) < 4.78 is 0. The molecule has 0 atom stereocenters. The van der Waals surface area contributed by atoms with Gasteiger partial charge in [-0.15, -0.1) is 0 Å². The Hall–Kier alpha value is -2.01. The molecule has 128 valence electrons. The summed E-state index contributed by atoms with van der Waals surface area (Å²) in [4.78, 5) is 13.7. The largest absolute Gasteiger partial charge is 0.370 e. The molecule has 0 amide bonds. The molecule has 6 heteroatoms. The number of anilines is 3. The van der Waals surface area contributed by atoms with Crippen molar-refractivity contribution in [1.82, 2.24) is 9.97 Å². The van der Waals surface area contributed by atoms with Crippen molar-refractivity contribution in [2.45, 2.75) is 19.8 Å². The lowest BCUT2D eigenvalue weighted by atomic mass is 10.2. The number of hydrogen-bond donors (Lipinski definition) is 1. The van der Waals surface area contributed by atoms with Gasteiger partial charge in [0.05, 0.1) is 0 Å². The molecule has 1 aromatic carbocycles. The van der Waals surface area contributed by atoms with Gasteiger partial charge in [-0.1, -0.05) is 31.0 Å². The van der Waals surface area contributed by atoms with Gasteiger partial charge < -0.3 is 15.1 Å². The standard InChI is InChI=1S/C18H24ClN5/c1-2-3-8-20-17-7-9-21-18(22-17)24-12-10-23(11-13-24)16-6-4-5-15(19)14-16/h4-7,9,14H,2-3,8,10-13H2,1H3,(H,20,21,22). The first-order chi connectivity index (χ1) is 11.8. The highest BCUT2D eigenvalue weighted by atomic mass is 35.5. The number of nitrogens with zero attached hydrogens (tertiary/aromatic N) is 4. The Balaban J connectivity index is 1.59. The second kappa shape index (κ2) is 8.20. The number of rotatable bonds is 6. The van der Waals surface area contributed by atoms with Crippen LogP contribution in [0.2, 0.25) is 5.02 Å². The Bertz CT molecular complexity index is 655. The quantitative estimate of drug-likeness (QED) is 0.809. The highest BCUT2D eigenvalue weighted by Crippen LogP contribution is 2.22. The molecule has 1 fully saturated rings. The van der Waals surface area contributed by atoms with Crippen molar-refractivity contribution in [1.29, 1.82) is 0 Å². The van der Waals surface area contributed by atoms with Crippen molar-refractivity contribution in [2.24, 2.45) is 0 Å². The van der Waals surface area contributed by atoms with E-state index in [0.29, 0.717) is 0 Å². The monoisotopic (exact) mass is 345 g/mol. The lowest BCUT2D eigenvalue weighted by molar-refractivity contribution is 0.640. The van der Waals surface area contributed by atoms with E-state index in [2.05, 4.69) is 38.1 Å². The van der Waals surface area contributed by atoms with Crippen LogP contribution in [-0.4, -0.2) is 42.7 Å². The highest BCUT2D eigenvalue weighted by molar-refractivity contribution is 6.30. The normalized spacial score (nSPS) is 14.8. The van der Waals surface area contributed by atoms with Crippen LogP contribution in [0.15, 0.2) is 36.5 Å². The average Bonchev–Trinajstić information content (AvgIpc) is 2.62. The molecule has 0 unspecified atom stereocenters. The fourth-order valence-electron chi connectivity index (χ4n) is 2.83. The van der Waals surface area contributed by atoms with Gasteiger partial charge >= 0.3 is 0 Å². The van der Waals surface area contributed by atoms with Gasteiger partial charge in [-0.25, -0.2) is 4.98 Å². The Morgan fingerprint density at radius 1 is 1.12 bits per heavy atom. The summed E-state index contributed by atoms with van der Waals surface area (Å²) in [6.45, 7) is 6.84. The lowest BCUT2D eigenvalue weighted by Crippen LogP contribution is -2.47. The molecule has 2 aromatic rings. The van der Waals surface area contributed by atoms with Gasteiger partial charge in [0.15, 0.2) is 0 Å². The summed E-state index contributed by atoms with van der Waals surface area (Å²) in [5.74, 6) is 1.72. The number of hydrogen-bond acceptors (Lipinski definition) is 5. The van der Waals surface area contributed by atoms with E-state index < -0.39 is 0 Å². The van der Waals surface area contributed by atoms with Gasteiger partial charge in [0.1, 0.15) is 5.82 Å². The van der Waals surface area contributed by atoms with Gasteiger partial charge in [0.25, 0.3) is 0 Å². The predicted octanol–water partition coefficient (Wildman–Crippen LogP) is 3.67. The smallest absolute Gasteiger partial charge is 0.227 e. The fourth-order valence-corrected chi connectivity index (χ4v) is 3.01. The number of unbranched alkanes of at least 4 members (excludes halogenated alkanes) is 1. The number of piperazine rings is 1. The van der Waals surface area contributed by atoms with E-state index in [9.17, 15) is 0 Å². The second-order valence-electron chi connectivity index (χ2n) is 5.98. The zero-order chi connectivity index (χ0) is 16.8. The average molecular weight is 346 g/mol. The Morgan fingerprint density at radius 2 is 1.92 bits per heavy atom. The number of benzene rings is 1. The fraction of sp³-hybridized carbons (Fsp3) is 0.444. The van der Waals surface area contributed by atoms with Crippen molar-refractivity contribution in [2.75, 3.05) is 47.8 Å². The topological polar surface area (TPSA) is 44.3 Å². The van der Waals surface area contributed by atoms with Crippen LogP contribution in [0.5, 0.6) is 0 Å². The lowest BCUT2D eigenvalue weighted by Gasteiger charge is -2.36. The van der Waals surface area contributed by atoms with E-state index in [1.807, 2.05) is 30.5 Å². The van der Waals surface area contributed by atoms with Crippen LogP contribution < -0.4 is 15.1 Å². The van der Waals surface area contributed by atoms with Gasteiger partial charge in [0, 0.05) is 49.6 Å². The van der Waals surface area contributed by atoms with Gasteiger partial charge in [-0.2, -0.15) is 4.98 Å². The maximum atomic E-state index is 6.09. The summed E-state index contributed by atoms with van der Waals surface area (Å²) in [6, 6.07) is 9.97. The molecule has 1 N–H and O–H groups in total. The molecule has 24 heavy (non-hydrogen) atoms. The molecule has 1 aliphatic heterocycles. The third-order valence-corrected chi connectivity index (χ3v) is 4.45. The van der Waals surface area contributed by atoms with E-state index in [1.165, 1.54) is 12.1 Å². The summed E-state index contributed by atoms with van der Waals surface area (Å²) in [6.07, 6.45) is 4.16. The minimum Gasteiger partial charge on any atom is -0.370 e. The van der Waals surface area contributed by atoms with Gasteiger partial charge in [-0.3, -0.25) is 0 Å². The summed E-state index contributed by atoms with van der Waals surface area (Å²) in [7, 11) is 0. The van der Waals surface area contributed by atoms with Gasteiger partial charge in [-0.05, 0) is 30.7 Å². The second-order valence-corrected chi connectivity index (χ2v) is 6.41. The summed E-state index contributed by atoms with van der Waals surface area (Å²) in [5.41, 5.74) is 1.18. The molecular weight excluding hydrogens is 322 g/mol. The van der Waals surface area contributed by atoms with E-state index in [0.717, 1.165) is 55.9 Å². The number of aromatic nitrogens is 2. The van der Waals surface area contributed by atoms with Crippen molar-refractivity contribution >= 4 is 29.1 Å².